The molecule has 0 radical (unpaired) electrons. The van der Waals surface area contributed by atoms with E-state index in [1.165, 1.54) is 25.2 Å². The first-order valence-electron chi connectivity index (χ1n) is 7.11. The monoisotopic (exact) mass is 406 g/mol. The number of hydrogen-bond donors (Lipinski definition) is 1. The molecule has 5 nitrogen and oxygen atoms in total. The molecule has 140 valence electrons. The predicted molar refractivity (Wildman–Crippen MR) is 94.1 cm³/mol. The summed E-state index contributed by atoms with van der Waals surface area (Å²) in [6.45, 7) is 0. The maximum absolute atomic E-state index is 12.6. The largest absolute Gasteiger partial charge is 0.416 e. The number of nitrogens with one attached hydrogen (secondary N) is 1. The number of anilines is 2. The molecular formula is C16H14ClF3N2O3S. The molecular weight excluding hydrogens is 393 g/mol. The van der Waals surface area contributed by atoms with E-state index >= 15 is 0 Å². The third-order valence-corrected chi connectivity index (χ3v) is 5.06. The topological polar surface area (TPSA) is 66.5 Å². The van der Waals surface area contributed by atoms with Crippen LogP contribution in [-0.2, 0) is 16.2 Å². The molecule has 10 heteroatoms. The molecule has 0 fully saturated rings. The quantitative estimate of drug-likeness (QED) is 0.834. The summed E-state index contributed by atoms with van der Waals surface area (Å²) in [5.74, 6) is -0.682. The van der Waals surface area contributed by atoms with Crippen LogP contribution in [0.15, 0.2) is 42.5 Å². The van der Waals surface area contributed by atoms with Gasteiger partial charge in [0.25, 0.3) is 5.91 Å². The summed E-state index contributed by atoms with van der Waals surface area (Å²) in [5.41, 5.74) is -0.500. The normalized spacial score (nSPS) is 11.9. The fourth-order valence-corrected chi connectivity index (χ4v) is 2.72. The summed E-state index contributed by atoms with van der Waals surface area (Å²) < 4.78 is 61.8. The Hall–Kier alpha value is -2.26. The van der Waals surface area contributed by atoms with E-state index < -0.39 is 27.7 Å². The third-order valence-electron chi connectivity index (χ3n) is 3.53. The van der Waals surface area contributed by atoms with E-state index in [1.807, 2.05) is 0 Å². The van der Waals surface area contributed by atoms with E-state index in [2.05, 4.69) is 5.32 Å². The highest BCUT2D eigenvalue weighted by atomic mass is 35.5. The zero-order valence-corrected chi connectivity index (χ0v) is 15.2. The summed E-state index contributed by atoms with van der Waals surface area (Å²) >= 11 is 5.98. The number of hydrogen-bond acceptors (Lipinski definition) is 3. The lowest BCUT2D eigenvalue weighted by atomic mass is 10.1. The van der Waals surface area contributed by atoms with Gasteiger partial charge in [-0.1, -0.05) is 11.6 Å². The van der Waals surface area contributed by atoms with Crippen LogP contribution in [0.4, 0.5) is 24.5 Å². The maximum atomic E-state index is 12.6. The Morgan fingerprint density at radius 1 is 1.12 bits per heavy atom. The van der Waals surface area contributed by atoms with Crippen molar-refractivity contribution in [3.63, 3.8) is 0 Å². The maximum Gasteiger partial charge on any atom is 0.416 e. The first-order chi connectivity index (χ1) is 11.9. The fourth-order valence-electron chi connectivity index (χ4n) is 2.02. The van der Waals surface area contributed by atoms with Crippen LogP contribution in [0.5, 0.6) is 0 Å². The van der Waals surface area contributed by atoms with Gasteiger partial charge in [0.1, 0.15) is 0 Å². The lowest BCUT2D eigenvalue weighted by molar-refractivity contribution is -0.137. The van der Waals surface area contributed by atoms with E-state index in [-0.39, 0.29) is 22.0 Å². The molecule has 0 atom stereocenters. The van der Waals surface area contributed by atoms with Crippen LogP contribution in [0.2, 0.25) is 5.02 Å². The Kier molecular flexibility index (Phi) is 5.52. The summed E-state index contributed by atoms with van der Waals surface area (Å²) in [5, 5.41) is 2.49. The number of sulfonamides is 1. The molecule has 2 aromatic rings. The van der Waals surface area contributed by atoms with Crippen molar-refractivity contribution >= 4 is 38.9 Å². The van der Waals surface area contributed by atoms with Crippen molar-refractivity contribution in [2.45, 2.75) is 6.18 Å². The van der Waals surface area contributed by atoms with E-state index in [1.54, 1.807) is 0 Å². The highest BCUT2D eigenvalue weighted by Gasteiger charge is 2.30. The lowest BCUT2D eigenvalue weighted by Gasteiger charge is -2.18. The Balaban J connectivity index is 2.27. The van der Waals surface area contributed by atoms with Crippen molar-refractivity contribution in [2.24, 2.45) is 0 Å². The average molecular weight is 407 g/mol. The molecule has 2 aromatic carbocycles. The molecule has 1 N–H and O–H groups in total. The lowest BCUT2D eigenvalue weighted by Crippen LogP contribution is -2.25. The summed E-state index contributed by atoms with van der Waals surface area (Å²) in [4.78, 5) is 12.4. The van der Waals surface area contributed by atoms with Crippen LogP contribution < -0.4 is 9.62 Å². The van der Waals surface area contributed by atoms with Crippen molar-refractivity contribution in [2.75, 3.05) is 22.9 Å². The van der Waals surface area contributed by atoms with Crippen LogP contribution in [0.3, 0.4) is 0 Å². The molecule has 1 amide bonds. The average Bonchev–Trinajstić information content (AvgIpc) is 2.53. The molecule has 0 spiro atoms. The van der Waals surface area contributed by atoms with E-state index in [9.17, 15) is 26.4 Å². The second-order valence-electron chi connectivity index (χ2n) is 5.42. The van der Waals surface area contributed by atoms with Gasteiger partial charge >= 0.3 is 6.18 Å². The Bertz CT molecular complexity index is 929. The van der Waals surface area contributed by atoms with Gasteiger partial charge < -0.3 is 5.32 Å². The first kappa shape index (κ1) is 20.1. The van der Waals surface area contributed by atoms with Gasteiger partial charge in [-0.2, -0.15) is 13.2 Å². The number of carbonyl (C=O) groups excluding carboxylic acids is 1. The fraction of sp³-hybridized carbons (Fsp3) is 0.188. The van der Waals surface area contributed by atoms with E-state index in [0.717, 1.165) is 34.8 Å². The zero-order chi connectivity index (χ0) is 19.7. The van der Waals surface area contributed by atoms with Crippen molar-refractivity contribution in [1.82, 2.24) is 0 Å². The van der Waals surface area contributed by atoms with Gasteiger partial charge in [-0.25, -0.2) is 8.42 Å². The molecule has 0 aliphatic heterocycles. The molecule has 0 bridgehead atoms. The minimum atomic E-state index is -4.48. The second kappa shape index (κ2) is 7.16. The van der Waals surface area contributed by atoms with Crippen molar-refractivity contribution < 1.29 is 26.4 Å². The smallest absolute Gasteiger partial charge is 0.322 e. The summed E-state index contributed by atoms with van der Waals surface area (Å²) in [7, 11) is -2.22. The number of amides is 1. The van der Waals surface area contributed by atoms with Gasteiger partial charge in [0.2, 0.25) is 10.0 Å². The Morgan fingerprint density at radius 2 is 1.69 bits per heavy atom. The van der Waals surface area contributed by atoms with Crippen molar-refractivity contribution in [3.8, 4) is 0 Å². The molecule has 0 aliphatic carbocycles. The van der Waals surface area contributed by atoms with Crippen LogP contribution in [0, 0.1) is 0 Å². The second-order valence-corrected chi connectivity index (χ2v) is 7.84. The third kappa shape index (κ3) is 4.67. The van der Waals surface area contributed by atoms with Gasteiger partial charge in [-0.15, -0.1) is 0 Å². The van der Waals surface area contributed by atoms with Crippen LogP contribution in [-0.4, -0.2) is 27.6 Å². The molecule has 0 aliphatic rings. The number of alkyl halides is 3. The van der Waals surface area contributed by atoms with Crippen molar-refractivity contribution in [3.05, 3.63) is 58.6 Å². The molecule has 0 aromatic heterocycles. The number of rotatable bonds is 4. The first-order valence-corrected chi connectivity index (χ1v) is 9.34. The standard InChI is InChI=1S/C16H14ClF3N2O3S/c1-22(26(2,24)25)12-7-8-14(17)13(9-12)15(23)21-11-5-3-10(4-6-11)16(18,19)20/h3-9H,1-2H3,(H,21,23). The van der Waals surface area contributed by atoms with Crippen molar-refractivity contribution in [1.29, 1.82) is 0 Å². The number of nitrogens with zero attached hydrogens (tertiary/aromatic N) is 1. The van der Waals surface area contributed by atoms with Gasteiger partial charge in [-0.05, 0) is 42.5 Å². The molecule has 0 unspecified atom stereocenters. The van der Waals surface area contributed by atoms with E-state index in [4.69, 9.17) is 11.6 Å². The van der Waals surface area contributed by atoms with Crippen LogP contribution in [0.25, 0.3) is 0 Å². The number of carbonyl (C=O) groups is 1. The highest BCUT2D eigenvalue weighted by molar-refractivity contribution is 7.92. The molecule has 0 heterocycles. The minimum Gasteiger partial charge on any atom is -0.322 e. The van der Waals surface area contributed by atoms with Gasteiger partial charge in [-0.3, -0.25) is 9.10 Å². The summed E-state index contributed by atoms with van der Waals surface area (Å²) in [6.07, 6.45) is -3.47. The Morgan fingerprint density at radius 3 is 2.19 bits per heavy atom. The number of halogens is 4. The van der Waals surface area contributed by atoms with Gasteiger partial charge in [0, 0.05) is 12.7 Å². The molecule has 2 rings (SSSR count). The highest BCUT2D eigenvalue weighted by Crippen LogP contribution is 2.30. The summed E-state index contributed by atoms with van der Waals surface area (Å²) in [6, 6.07) is 7.97. The number of benzene rings is 2. The van der Waals surface area contributed by atoms with Gasteiger partial charge in [0.05, 0.1) is 28.1 Å². The molecule has 0 saturated carbocycles. The SMILES string of the molecule is CN(c1ccc(Cl)c(C(=O)Nc2ccc(C(F)(F)F)cc2)c1)S(C)(=O)=O. The zero-order valence-electron chi connectivity index (χ0n) is 13.6. The van der Waals surface area contributed by atoms with Crippen LogP contribution >= 0.6 is 11.6 Å². The van der Waals surface area contributed by atoms with Crippen LogP contribution in [0.1, 0.15) is 15.9 Å². The molecule has 26 heavy (non-hydrogen) atoms. The van der Waals surface area contributed by atoms with Gasteiger partial charge in [0.15, 0.2) is 0 Å². The minimum absolute atomic E-state index is 0.0143. The Labute approximate surface area is 153 Å². The van der Waals surface area contributed by atoms with E-state index in [0.29, 0.717) is 0 Å². The molecule has 0 saturated heterocycles. The predicted octanol–water partition coefficient (Wildman–Crippen LogP) is 4.01.